The van der Waals surface area contributed by atoms with E-state index in [-0.39, 0.29) is 17.1 Å². The molecule has 1 aromatic carbocycles. The molecule has 1 amide bonds. The molecule has 1 aliphatic rings. The number of amides is 1. The lowest BCUT2D eigenvalue weighted by atomic mass is 9.98. The second-order valence-corrected chi connectivity index (χ2v) is 8.85. The molecule has 1 fully saturated rings. The average Bonchev–Trinajstić information content (AvgIpc) is 2.97. The highest BCUT2D eigenvalue weighted by molar-refractivity contribution is 7.99. The van der Waals surface area contributed by atoms with Crippen molar-refractivity contribution in [1.29, 1.82) is 0 Å². The summed E-state index contributed by atoms with van der Waals surface area (Å²) in [4.78, 5) is 23.8. The third kappa shape index (κ3) is 4.06. The molecule has 1 saturated heterocycles. The lowest BCUT2D eigenvalue weighted by Crippen LogP contribution is -2.55. The fraction of sp³-hybridized carbons (Fsp3) is 0.467. The normalized spacial score (nSPS) is 21.1. The summed E-state index contributed by atoms with van der Waals surface area (Å²) in [5.41, 5.74) is -0.669. The number of nitrogens with one attached hydrogen (secondary N) is 1. The Bertz CT molecular complexity index is 708. The van der Waals surface area contributed by atoms with Crippen LogP contribution in [0.15, 0.2) is 29.2 Å². The second kappa shape index (κ2) is 6.92. The highest BCUT2D eigenvalue weighted by Gasteiger charge is 2.43. The summed E-state index contributed by atoms with van der Waals surface area (Å²) in [6.07, 6.45) is 0.343. The van der Waals surface area contributed by atoms with Crippen LogP contribution in [0.5, 0.6) is 0 Å². The molecular formula is C15H19NO5S2. The van der Waals surface area contributed by atoms with Gasteiger partial charge < -0.3 is 10.4 Å². The predicted molar refractivity (Wildman–Crippen MR) is 88.3 cm³/mol. The van der Waals surface area contributed by atoms with Crippen molar-refractivity contribution in [2.24, 2.45) is 0 Å². The van der Waals surface area contributed by atoms with Gasteiger partial charge in [-0.1, -0.05) is 19.1 Å². The van der Waals surface area contributed by atoms with E-state index in [1.807, 2.05) is 0 Å². The highest BCUT2D eigenvalue weighted by Crippen LogP contribution is 2.28. The van der Waals surface area contributed by atoms with E-state index in [0.29, 0.717) is 23.5 Å². The Hall–Kier alpha value is -1.54. The molecule has 2 rings (SSSR count). The van der Waals surface area contributed by atoms with Crippen LogP contribution in [0.2, 0.25) is 0 Å². The number of hydrogen-bond donors (Lipinski definition) is 2. The molecule has 0 saturated carbocycles. The Labute approximate surface area is 139 Å². The minimum atomic E-state index is -3.33. The zero-order valence-corrected chi connectivity index (χ0v) is 14.4. The van der Waals surface area contributed by atoms with Crippen molar-refractivity contribution in [3.63, 3.8) is 0 Å². The smallest absolute Gasteiger partial charge is 0.330 e. The minimum Gasteiger partial charge on any atom is -0.479 e. The van der Waals surface area contributed by atoms with Gasteiger partial charge >= 0.3 is 5.97 Å². The van der Waals surface area contributed by atoms with Gasteiger partial charge in [-0.05, 0) is 29.9 Å². The van der Waals surface area contributed by atoms with E-state index in [1.165, 1.54) is 23.9 Å². The van der Waals surface area contributed by atoms with Crippen LogP contribution in [-0.2, 0) is 25.8 Å². The summed E-state index contributed by atoms with van der Waals surface area (Å²) in [7, 11) is -3.33. The highest BCUT2D eigenvalue weighted by atomic mass is 32.2. The van der Waals surface area contributed by atoms with Gasteiger partial charge in [-0.25, -0.2) is 13.2 Å². The maximum absolute atomic E-state index is 12.2. The maximum Gasteiger partial charge on any atom is 0.330 e. The Kier molecular flexibility index (Phi) is 5.36. The van der Waals surface area contributed by atoms with E-state index in [1.54, 1.807) is 19.1 Å². The standard InChI is InChI=1S/C15H19NO5S2/c1-2-23(20,21)12-5-3-4-11(8-12)9-13(17)16-15(14(18)19)6-7-22-10-15/h3-5,8H,2,6-7,9-10H2,1H3,(H,16,17)(H,18,19). The molecule has 0 spiro atoms. The minimum absolute atomic E-state index is 0.0119. The summed E-state index contributed by atoms with van der Waals surface area (Å²) >= 11 is 1.49. The molecule has 1 heterocycles. The van der Waals surface area contributed by atoms with E-state index >= 15 is 0 Å². The molecule has 0 bridgehead atoms. The molecule has 23 heavy (non-hydrogen) atoms. The largest absolute Gasteiger partial charge is 0.479 e. The van der Waals surface area contributed by atoms with Crippen LogP contribution in [0.4, 0.5) is 0 Å². The quantitative estimate of drug-likeness (QED) is 0.791. The predicted octanol–water partition coefficient (Wildman–Crippen LogP) is 1.10. The summed E-state index contributed by atoms with van der Waals surface area (Å²) in [5.74, 6) is -0.420. The summed E-state index contributed by atoms with van der Waals surface area (Å²) in [6.45, 7) is 1.56. The first-order valence-electron chi connectivity index (χ1n) is 7.23. The van der Waals surface area contributed by atoms with E-state index in [4.69, 9.17) is 0 Å². The van der Waals surface area contributed by atoms with Crippen LogP contribution in [0.25, 0.3) is 0 Å². The summed E-state index contributed by atoms with van der Waals surface area (Å²) in [5, 5.41) is 12.0. The number of thioether (sulfide) groups is 1. The van der Waals surface area contributed by atoms with Crippen molar-refractivity contribution < 1.29 is 23.1 Å². The second-order valence-electron chi connectivity index (χ2n) is 5.47. The Morgan fingerprint density at radius 3 is 2.70 bits per heavy atom. The van der Waals surface area contributed by atoms with Gasteiger partial charge in [0, 0.05) is 5.75 Å². The number of benzene rings is 1. The van der Waals surface area contributed by atoms with Gasteiger partial charge in [-0.2, -0.15) is 11.8 Å². The van der Waals surface area contributed by atoms with Crippen molar-refractivity contribution in [3.05, 3.63) is 29.8 Å². The molecule has 0 radical (unpaired) electrons. The topological polar surface area (TPSA) is 101 Å². The fourth-order valence-electron chi connectivity index (χ4n) is 2.40. The summed E-state index contributed by atoms with van der Waals surface area (Å²) in [6, 6.07) is 6.20. The van der Waals surface area contributed by atoms with Gasteiger partial charge in [0.25, 0.3) is 0 Å². The number of carboxylic acids is 1. The molecule has 126 valence electrons. The Balaban J connectivity index is 2.12. The van der Waals surface area contributed by atoms with Crippen LogP contribution in [0, 0.1) is 0 Å². The lowest BCUT2D eigenvalue weighted by Gasteiger charge is -2.24. The molecule has 6 nitrogen and oxygen atoms in total. The van der Waals surface area contributed by atoms with Crippen LogP contribution < -0.4 is 5.32 Å². The van der Waals surface area contributed by atoms with E-state index in [2.05, 4.69) is 5.32 Å². The molecule has 1 atom stereocenters. The molecule has 0 aliphatic carbocycles. The van der Waals surface area contributed by atoms with Crippen molar-refractivity contribution >= 4 is 33.5 Å². The zero-order valence-electron chi connectivity index (χ0n) is 12.7. The fourth-order valence-corrected chi connectivity index (χ4v) is 4.67. The van der Waals surface area contributed by atoms with Gasteiger partial charge in [-0.15, -0.1) is 0 Å². The van der Waals surface area contributed by atoms with Crippen LogP contribution in [-0.4, -0.2) is 48.2 Å². The maximum atomic E-state index is 12.2. The third-order valence-electron chi connectivity index (χ3n) is 3.81. The van der Waals surface area contributed by atoms with Crippen molar-refractivity contribution in [1.82, 2.24) is 5.32 Å². The van der Waals surface area contributed by atoms with Crippen LogP contribution in [0.1, 0.15) is 18.9 Å². The number of rotatable bonds is 6. The number of carbonyl (C=O) groups is 2. The molecular weight excluding hydrogens is 338 g/mol. The van der Waals surface area contributed by atoms with Crippen LogP contribution >= 0.6 is 11.8 Å². The lowest BCUT2D eigenvalue weighted by molar-refractivity contribution is -0.146. The number of aliphatic carboxylic acids is 1. The van der Waals surface area contributed by atoms with Crippen molar-refractivity contribution in [2.45, 2.75) is 30.2 Å². The van der Waals surface area contributed by atoms with E-state index in [0.717, 1.165) is 0 Å². The first kappa shape index (κ1) is 17.8. The van der Waals surface area contributed by atoms with Crippen molar-refractivity contribution in [2.75, 3.05) is 17.3 Å². The molecule has 0 aromatic heterocycles. The first-order chi connectivity index (χ1) is 10.8. The van der Waals surface area contributed by atoms with Crippen molar-refractivity contribution in [3.8, 4) is 0 Å². The number of carboxylic acid groups (broad SMARTS) is 1. The molecule has 1 aromatic rings. The van der Waals surface area contributed by atoms with Gasteiger partial charge in [0.15, 0.2) is 9.84 Å². The van der Waals surface area contributed by atoms with Gasteiger partial charge in [0.1, 0.15) is 5.54 Å². The zero-order chi connectivity index (χ0) is 17.1. The van der Waals surface area contributed by atoms with Gasteiger partial charge in [0.05, 0.1) is 17.1 Å². The molecule has 1 aliphatic heterocycles. The number of carbonyl (C=O) groups excluding carboxylic acids is 1. The average molecular weight is 357 g/mol. The molecule has 8 heteroatoms. The van der Waals surface area contributed by atoms with E-state index < -0.39 is 27.3 Å². The summed E-state index contributed by atoms with van der Waals surface area (Å²) < 4.78 is 23.8. The first-order valence-corrected chi connectivity index (χ1v) is 10.0. The van der Waals surface area contributed by atoms with Gasteiger partial charge in [-0.3, -0.25) is 4.79 Å². The number of hydrogen-bond acceptors (Lipinski definition) is 5. The van der Waals surface area contributed by atoms with E-state index in [9.17, 15) is 23.1 Å². The van der Waals surface area contributed by atoms with Crippen LogP contribution in [0.3, 0.4) is 0 Å². The molecule has 2 N–H and O–H groups in total. The monoisotopic (exact) mass is 357 g/mol. The molecule has 1 unspecified atom stereocenters. The Morgan fingerprint density at radius 2 is 2.13 bits per heavy atom. The number of sulfone groups is 1. The van der Waals surface area contributed by atoms with Gasteiger partial charge in [0.2, 0.25) is 5.91 Å². The Morgan fingerprint density at radius 1 is 1.39 bits per heavy atom. The third-order valence-corrected chi connectivity index (χ3v) is 6.73. The SMILES string of the molecule is CCS(=O)(=O)c1cccc(CC(=O)NC2(C(=O)O)CCSC2)c1.